The molecule has 3 aliphatic rings. The number of nitrogens with one attached hydrogen (secondary N) is 1. The normalized spacial score (nSPS) is 29.1. The van der Waals surface area contributed by atoms with Crippen molar-refractivity contribution in [2.75, 3.05) is 13.1 Å². The van der Waals surface area contributed by atoms with Crippen LogP contribution >= 0.6 is 0 Å². The molecule has 3 N–H and O–H groups in total. The molecular weight excluding hydrogens is 284 g/mol. The Labute approximate surface area is 130 Å². The monoisotopic (exact) mass is 308 g/mol. The van der Waals surface area contributed by atoms with E-state index in [1.807, 2.05) is 0 Å². The molecule has 2 heterocycles. The molecule has 7 nitrogen and oxygen atoms in total. The van der Waals surface area contributed by atoms with E-state index in [4.69, 9.17) is 5.73 Å². The third kappa shape index (κ3) is 2.37. The number of carbonyl (C=O) groups excluding carboxylic acids is 3. The molecule has 2 saturated heterocycles. The standard InChI is InChI=1S/C15H24N4O3/c1-10(12(20)18-8-4-5-11(16)9-18)19-13(21)15(17-14(19)22)6-2-3-7-15/h10-11H,2-9,16H2,1H3,(H,17,22). The lowest BCUT2D eigenvalue weighted by Gasteiger charge is -2.34. The largest absolute Gasteiger partial charge is 0.339 e. The van der Waals surface area contributed by atoms with Gasteiger partial charge < -0.3 is 16.0 Å². The Morgan fingerprint density at radius 3 is 2.64 bits per heavy atom. The number of hydrogen-bond acceptors (Lipinski definition) is 4. The molecule has 3 fully saturated rings. The van der Waals surface area contributed by atoms with Crippen molar-refractivity contribution in [2.45, 2.75) is 63.1 Å². The molecule has 1 spiro atoms. The average molecular weight is 308 g/mol. The van der Waals surface area contributed by atoms with Crippen LogP contribution in [0.25, 0.3) is 0 Å². The zero-order valence-corrected chi connectivity index (χ0v) is 13.0. The van der Waals surface area contributed by atoms with Crippen LogP contribution in [0.4, 0.5) is 4.79 Å². The van der Waals surface area contributed by atoms with Crippen molar-refractivity contribution in [3.63, 3.8) is 0 Å². The summed E-state index contributed by atoms with van der Waals surface area (Å²) in [5, 5.41) is 2.82. The van der Waals surface area contributed by atoms with Gasteiger partial charge in [-0.05, 0) is 32.6 Å². The Morgan fingerprint density at radius 2 is 2.00 bits per heavy atom. The second-order valence-corrected chi connectivity index (χ2v) is 6.76. The van der Waals surface area contributed by atoms with Crippen molar-refractivity contribution < 1.29 is 14.4 Å². The summed E-state index contributed by atoms with van der Waals surface area (Å²) >= 11 is 0. The van der Waals surface area contributed by atoms with Crippen LogP contribution < -0.4 is 11.1 Å². The molecular formula is C15H24N4O3. The number of carbonyl (C=O) groups is 3. The Balaban J connectivity index is 1.74. The fraction of sp³-hybridized carbons (Fsp3) is 0.800. The molecule has 0 aromatic carbocycles. The highest BCUT2D eigenvalue weighted by Crippen LogP contribution is 2.36. The number of nitrogens with zero attached hydrogens (tertiary/aromatic N) is 2. The second kappa shape index (κ2) is 5.53. The SMILES string of the molecule is CC(C(=O)N1CCCC(N)C1)N1C(=O)NC2(CCCC2)C1=O. The lowest BCUT2D eigenvalue weighted by molar-refractivity contribution is -0.143. The maximum atomic E-state index is 12.7. The molecule has 122 valence electrons. The number of urea groups is 1. The van der Waals surface area contributed by atoms with E-state index in [1.165, 1.54) is 0 Å². The van der Waals surface area contributed by atoms with E-state index in [0.29, 0.717) is 25.9 Å². The van der Waals surface area contributed by atoms with Gasteiger partial charge in [-0.2, -0.15) is 0 Å². The van der Waals surface area contributed by atoms with Gasteiger partial charge in [-0.1, -0.05) is 12.8 Å². The predicted molar refractivity (Wildman–Crippen MR) is 79.8 cm³/mol. The van der Waals surface area contributed by atoms with E-state index in [0.717, 1.165) is 30.6 Å². The Bertz CT molecular complexity index is 501. The van der Waals surface area contributed by atoms with Crippen LogP contribution in [0.15, 0.2) is 0 Å². The van der Waals surface area contributed by atoms with E-state index in [-0.39, 0.29) is 17.9 Å². The Hall–Kier alpha value is -1.63. The highest BCUT2D eigenvalue weighted by Gasteiger charge is 2.54. The molecule has 1 aliphatic carbocycles. The summed E-state index contributed by atoms with van der Waals surface area (Å²) in [6, 6.07) is -1.22. The third-order valence-electron chi connectivity index (χ3n) is 5.16. The van der Waals surface area contributed by atoms with Crippen molar-refractivity contribution in [1.82, 2.24) is 15.1 Å². The summed E-state index contributed by atoms with van der Waals surface area (Å²) in [5.74, 6) is -0.425. The maximum absolute atomic E-state index is 12.7. The smallest absolute Gasteiger partial charge is 0.325 e. The first kappa shape index (κ1) is 15.3. The fourth-order valence-corrected chi connectivity index (χ4v) is 3.90. The van der Waals surface area contributed by atoms with E-state index >= 15 is 0 Å². The lowest BCUT2D eigenvalue weighted by atomic mass is 9.97. The quantitative estimate of drug-likeness (QED) is 0.712. The average Bonchev–Trinajstić information content (AvgIpc) is 3.04. The van der Waals surface area contributed by atoms with Gasteiger partial charge in [0.1, 0.15) is 11.6 Å². The fourth-order valence-electron chi connectivity index (χ4n) is 3.90. The molecule has 0 bridgehead atoms. The van der Waals surface area contributed by atoms with E-state index < -0.39 is 17.6 Å². The van der Waals surface area contributed by atoms with Crippen LogP contribution in [0.5, 0.6) is 0 Å². The van der Waals surface area contributed by atoms with Gasteiger partial charge >= 0.3 is 6.03 Å². The first-order chi connectivity index (χ1) is 10.4. The number of hydrogen-bond donors (Lipinski definition) is 2. The van der Waals surface area contributed by atoms with E-state index in [9.17, 15) is 14.4 Å². The minimum absolute atomic E-state index is 0.0193. The maximum Gasteiger partial charge on any atom is 0.325 e. The van der Waals surface area contributed by atoms with E-state index in [2.05, 4.69) is 5.32 Å². The van der Waals surface area contributed by atoms with E-state index in [1.54, 1.807) is 11.8 Å². The molecule has 0 aromatic heterocycles. The van der Waals surface area contributed by atoms with Crippen LogP contribution in [0.3, 0.4) is 0 Å². The van der Waals surface area contributed by atoms with Gasteiger partial charge in [-0.15, -0.1) is 0 Å². The minimum atomic E-state index is -0.766. The zero-order chi connectivity index (χ0) is 15.9. The van der Waals surface area contributed by atoms with Crippen LogP contribution in [0.1, 0.15) is 45.4 Å². The molecule has 2 atom stereocenters. The summed E-state index contributed by atoms with van der Waals surface area (Å²) in [5.41, 5.74) is 5.15. The minimum Gasteiger partial charge on any atom is -0.339 e. The van der Waals surface area contributed by atoms with Gasteiger partial charge in [-0.3, -0.25) is 9.59 Å². The van der Waals surface area contributed by atoms with Crippen LogP contribution in [0.2, 0.25) is 0 Å². The first-order valence-corrected chi connectivity index (χ1v) is 8.15. The van der Waals surface area contributed by atoms with Gasteiger partial charge in [0.25, 0.3) is 5.91 Å². The number of likely N-dealkylation sites (tertiary alicyclic amines) is 1. The van der Waals surface area contributed by atoms with Crippen molar-refractivity contribution in [3.05, 3.63) is 0 Å². The molecule has 2 aliphatic heterocycles. The van der Waals surface area contributed by atoms with Gasteiger partial charge in [0.2, 0.25) is 5.91 Å². The first-order valence-electron chi connectivity index (χ1n) is 8.15. The molecule has 0 aromatic rings. The zero-order valence-electron chi connectivity index (χ0n) is 13.0. The highest BCUT2D eigenvalue weighted by molar-refractivity contribution is 6.09. The summed E-state index contributed by atoms with van der Waals surface area (Å²) < 4.78 is 0. The summed E-state index contributed by atoms with van der Waals surface area (Å²) in [6.45, 7) is 2.78. The molecule has 1 saturated carbocycles. The topological polar surface area (TPSA) is 95.7 Å². The van der Waals surface area contributed by atoms with Gasteiger partial charge in [0.15, 0.2) is 0 Å². The molecule has 2 unspecified atom stereocenters. The number of piperidine rings is 1. The highest BCUT2D eigenvalue weighted by atomic mass is 16.2. The number of amides is 4. The summed E-state index contributed by atoms with van der Waals surface area (Å²) in [4.78, 5) is 40.3. The van der Waals surface area contributed by atoms with Crippen LogP contribution in [-0.2, 0) is 9.59 Å². The summed E-state index contributed by atoms with van der Waals surface area (Å²) in [6.07, 6.45) is 4.98. The van der Waals surface area contributed by atoms with Crippen molar-refractivity contribution in [3.8, 4) is 0 Å². The Morgan fingerprint density at radius 1 is 1.32 bits per heavy atom. The van der Waals surface area contributed by atoms with Crippen molar-refractivity contribution in [2.24, 2.45) is 5.73 Å². The number of nitrogens with two attached hydrogens (primary N) is 1. The number of imide groups is 1. The van der Waals surface area contributed by atoms with Crippen LogP contribution in [-0.4, -0.2) is 58.4 Å². The summed E-state index contributed by atoms with van der Waals surface area (Å²) in [7, 11) is 0. The molecule has 22 heavy (non-hydrogen) atoms. The van der Waals surface area contributed by atoms with Crippen molar-refractivity contribution >= 4 is 17.8 Å². The van der Waals surface area contributed by atoms with Gasteiger partial charge in [-0.25, -0.2) is 9.69 Å². The van der Waals surface area contributed by atoms with Gasteiger partial charge in [0, 0.05) is 19.1 Å². The molecule has 4 amide bonds. The second-order valence-electron chi connectivity index (χ2n) is 6.76. The van der Waals surface area contributed by atoms with Gasteiger partial charge in [0.05, 0.1) is 0 Å². The van der Waals surface area contributed by atoms with Crippen molar-refractivity contribution in [1.29, 1.82) is 0 Å². The molecule has 7 heteroatoms. The lowest BCUT2D eigenvalue weighted by Crippen LogP contribution is -2.54. The predicted octanol–water partition coefficient (Wildman–Crippen LogP) is 0.189. The Kier molecular flexibility index (Phi) is 3.84. The third-order valence-corrected chi connectivity index (χ3v) is 5.16. The van der Waals surface area contributed by atoms with Crippen LogP contribution in [0, 0.1) is 0 Å². The molecule has 0 radical (unpaired) electrons. The molecule has 3 rings (SSSR count). The number of rotatable bonds is 2.